The Kier molecular flexibility index (Phi) is 4.17. The summed E-state index contributed by atoms with van der Waals surface area (Å²) in [5.41, 5.74) is 0.155. The van der Waals surface area contributed by atoms with Gasteiger partial charge < -0.3 is 10.4 Å². The van der Waals surface area contributed by atoms with E-state index in [0.717, 1.165) is 11.7 Å². The zero-order valence-corrected chi connectivity index (χ0v) is 8.95. The number of carboxylic acid groups (broad SMARTS) is 1. The van der Waals surface area contributed by atoms with Crippen molar-refractivity contribution in [1.29, 1.82) is 0 Å². The Morgan fingerprint density at radius 1 is 1.67 bits per heavy atom. The van der Waals surface area contributed by atoms with Gasteiger partial charge in [-0.25, -0.2) is 4.79 Å². The standard InChI is InChI=1S/C8H11N3O3S/c1-2-3-5(8(13)14)10-7(12)6-4-9-15-11-6/h4-5H,2-3H2,1H3,(H,10,12)(H,13,14). The normalized spacial score (nSPS) is 12.1. The molecule has 0 radical (unpaired) electrons. The summed E-state index contributed by atoms with van der Waals surface area (Å²) in [6, 6.07) is -0.857. The first-order valence-corrected chi connectivity index (χ1v) is 5.19. The lowest BCUT2D eigenvalue weighted by Crippen LogP contribution is -2.40. The highest BCUT2D eigenvalue weighted by Crippen LogP contribution is 2.00. The minimum Gasteiger partial charge on any atom is -0.480 e. The molecule has 0 saturated carbocycles. The molecule has 7 heteroatoms. The predicted molar refractivity (Wildman–Crippen MR) is 53.7 cm³/mol. The molecule has 0 fully saturated rings. The minimum absolute atomic E-state index is 0.155. The highest BCUT2D eigenvalue weighted by atomic mass is 32.1. The fourth-order valence-corrected chi connectivity index (χ4v) is 1.46. The van der Waals surface area contributed by atoms with E-state index >= 15 is 0 Å². The third-order valence-electron chi connectivity index (χ3n) is 1.77. The summed E-state index contributed by atoms with van der Waals surface area (Å²) in [6.45, 7) is 1.85. The molecule has 1 aromatic heterocycles. The van der Waals surface area contributed by atoms with Gasteiger partial charge in [0.1, 0.15) is 6.04 Å². The summed E-state index contributed by atoms with van der Waals surface area (Å²) in [5, 5.41) is 11.2. The van der Waals surface area contributed by atoms with Crippen LogP contribution in [0.1, 0.15) is 30.3 Å². The van der Waals surface area contributed by atoms with Gasteiger partial charge in [0.25, 0.3) is 5.91 Å². The molecule has 1 heterocycles. The fraction of sp³-hybridized carbons (Fsp3) is 0.500. The number of aromatic nitrogens is 2. The van der Waals surface area contributed by atoms with E-state index < -0.39 is 17.9 Å². The van der Waals surface area contributed by atoms with Crippen molar-refractivity contribution in [2.75, 3.05) is 0 Å². The Hall–Kier alpha value is -1.50. The molecule has 1 amide bonds. The molecular formula is C8H11N3O3S. The molecule has 1 rings (SSSR count). The van der Waals surface area contributed by atoms with Crippen LogP contribution in [-0.2, 0) is 4.79 Å². The van der Waals surface area contributed by atoms with E-state index in [-0.39, 0.29) is 5.69 Å². The van der Waals surface area contributed by atoms with Crippen LogP contribution in [0.25, 0.3) is 0 Å². The van der Waals surface area contributed by atoms with Crippen LogP contribution in [0, 0.1) is 0 Å². The van der Waals surface area contributed by atoms with Crippen molar-refractivity contribution in [3.8, 4) is 0 Å². The fourth-order valence-electron chi connectivity index (χ4n) is 1.04. The molecule has 0 aliphatic heterocycles. The zero-order chi connectivity index (χ0) is 11.3. The van der Waals surface area contributed by atoms with Gasteiger partial charge in [-0.3, -0.25) is 4.79 Å². The van der Waals surface area contributed by atoms with Crippen LogP contribution in [-0.4, -0.2) is 31.8 Å². The molecule has 0 aliphatic carbocycles. The first kappa shape index (κ1) is 11.6. The Morgan fingerprint density at radius 3 is 2.87 bits per heavy atom. The number of hydrogen-bond donors (Lipinski definition) is 2. The lowest BCUT2D eigenvalue weighted by molar-refractivity contribution is -0.139. The van der Waals surface area contributed by atoms with Crippen molar-refractivity contribution in [1.82, 2.24) is 14.1 Å². The minimum atomic E-state index is -1.03. The van der Waals surface area contributed by atoms with Gasteiger partial charge >= 0.3 is 5.97 Å². The lowest BCUT2D eigenvalue weighted by atomic mass is 10.1. The van der Waals surface area contributed by atoms with E-state index in [1.165, 1.54) is 6.20 Å². The van der Waals surface area contributed by atoms with Crippen LogP contribution in [0.4, 0.5) is 0 Å². The molecule has 0 spiro atoms. The van der Waals surface area contributed by atoms with Crippen LogP contribution >= 0.6 is 11.7 Å². The maximum atomic E-state index is 11.4. The molecule has 1 aromatic rings. The number of nitrogens with one attached hydrogen (secondary N) is 1. The maximum Gasteiger partial charge on any atom is 0.326 e. The van der Waals surface area contributed by atoms with Gasteiger partial charge in [-0.1, -0.05) is 13.3 Å². The molecule has 82 valence electrons. The maximum absolute atomic E-state index is 11.4. The van der Waals surface area contributed by atoms with E-state index in [9.17, 15) is 9.59 Å². The van der Waals surface area contributed by atoms with E-state index in [2.05, 4.69) is 14.1 Å². The average Bonchev–Trinajstić information content (AvgIpc) is 2.69. The van der Waals surface area contributed by atoms with Crippen molar-refractivity contribution in [3.63, 3.8) is 0 Å². The number of hydrogen-bond acceptors (Lipinski definition) is 5. The van der Waals surface area contributed by atoms with Crippen LogP contribution in [0.3, 0.4) is 0 Å². The summed E-state index contributed by atoms with van der Waals surface area (Å²) in [6.07, 6.45) is 2.40. The second-order valence-electron chi connectivity index (χ2n) is 2.95. The summed E-state index contributed by atoms with van der Waals surface area (Å²) >= 11 is 0.908. The molecule has 15 heavy (non-hydrogen) atoms. The molecule has 0 aromatic carbocycles. The number of amides is 1. The Labute approximate surface area is 90.7 Å². The lowest BCUT2D eigenvalue weighted by Gasteiger charge is -2.11. The Bertz CT molecular complexity index is 339. The second kappa shape index (κ2) is 5.40. The molecule has 1 unspecified atom stereocenters. The van der Waals surface area contributed by atoms with E-state index in [1.807, 2.05) is 6.92 Å². The van der Waals surface area contributed by atoms with Gasteiger partial charge in [-0.2, -0.15) is 8.75 Å². The van der Waals surface area contributed by atoms with E-state index in [4.69, 9.17) is 5.11 Å². The monoisotopic (exact) mass is 229 g/mol. The topological polar surface area (TPSA) is 92.2 Å². The summed E-state index contributed by atoms with van der Waals surface area (Å²) in [5.74, 6) is -1.53. The SMILES string of the molecule is CCCC(NC(=O)c1cnsn1)C(=O)O. The third-order valence-corrected chi connectivity index (χ3v) is 2.25. The first-order chi connectivity index (χ1) is 7.15. The highest BCUT2D eigenvalue weighted by Gasteiger charge is 2.20. The number of carbonyl (C=O) groups is 2. The summed E-state index contributed by atoms with van der Waals surface area (Å²) in [4.78, 5) is 22.2. The number of carbonyl (C=O) groups excluding carboxylic acids is 1. The van der Waals surface area contributed by atoms with Gasteiger partial charge in [0.2, 0.25) is 0 Å². The number of nitrogens with zero attached hydrogens (tertiary/aromatic N) is 2. The quantitative estimate of drug-likeness (QED) is 0.768. The van der Waals surface area contributed by atoms with Gasteiger partial charge in [0, 0.05) is 0 Å². The van der Waals surface area contributed by atoms with Crippen LogP contribution in [0.2, 0.25) is 0 Å². The molecule has 1 atom stereocenters. The second-order valence-corrected chi connectivity index (χ2v) is 3.50. The predicted octanol–water partition coefficient (Wildman–Crippen LogP) is 0.521. The van der Waals surface area contributed by atoms with Crippen molar-refractivity contribution < 1.29 is 14.7 Å². The van der Waals surface area contributed by atoms with Crippen LogP contribution in [0.5, 0.6) is 0 Å². The average molecular weight is 229 g/mol. The Balaban J connectivity index is 2.59. The molecule has 2 N–H and O–H groups in total. The van der Waals surface area contributed by atoms with Gasteiger partial charge in [-0.15, -0.1) is 0 Å². The molecule has 0 bridgehead atoms. The number of aliphatic carboxylic acids is 1. The van der Waals surface area contributed by atoms with Crippen molar-refractivity contribution in [3.05, 3.63) is 11.9 Å². The van der Waals surface area contributed by atoms with E-state index in [1.54, 1.807) is 0 Å². The Morgan fingerprint density at radius 2 is 2.40 bits per heavy atom. The first-order valence-electron chi connectivity index (χ1n) is 4.46. The molecule has 0 aliphatic rings. The summed E-state index contributed by atoms with van der Waals surface area (Å²) < 4.78 is 7.38. The largest absolute Gasteiger partial charge is 0.480 e. The summed E-state index contributed by atoms with van der Waals surface area (Å²) in [7, 11) is 0. The highest BCUT2D eigenvalue weighted by molar-refractivity contribution is 6.99. The van der Waals surface area contributed by atoms with Gasteiger partial charge in [0.15, 0.2) is 5.69 Å². The number of carboxylic acids is 1. The van der Waals surface area contributed by atoms with Gasteiger partial charge in [-0.05, 0) is 6.42 Å². The number of rotatable bonds is 5. The molecule has 6 nitrogen and oxygen atoms in total. The molecule has 0 saturated heterocycles. The third kappa shape index (κ3) is 3.28. The van der Waals surface area contributed by atoms with Crippen LogP contribution < -0.4 is 5.32 Å². The van der Waals surface area contributed by atoms with Crippen molar-refractivity contribution >= 4 is 23.6 Å². The van der Waals surface area contributed by atoms with Crippen molar-refractivity contribution in [2.24, 2.45) is 0 Å². The van der Waals surface area contributed by atoms with E-state index in [0.29, 0.717) is 12.8 Å². The smallest absolute Gasteiger partial charge is 0.326 e. The zero-order valence-electron chi connectivity index (χ0n) is 8.14. The van der Waals surface area contributed by atoms with Crippen LogP contribution in [0.15, 0.2) is 6.20 Å². The van der Waals surface area contributed by atoms with Gasteiger partial charge in [0.05, 0.1) is 17.9 Å². The molecular weight excluding hydrogens is 218 g/mol. The van der Waals surface area contributed by atoms with Crippen molar-refractivity contribution in [2.45, 2.75) is 25.8 Å².